The van der Waals surface area contributed by atoms with E-state index in [1.165, 1.54) is 24.0 Å². The van der Waals surface area contributed by atoms with Gasteiger partial charge in [-0.25, -0.2) is 17.7 Å². The van der Waals surface area contributed by atoms with Gasteiger partial charge >= 0.3 is 0 Å². The molecule has 0 aliphatic carbocycles. The Balaban J connectivity index is 1.47. The first kappa shape index (κ1) is 25.1. The lowest BCUT2D eigenvalue weighted by atomic mass is 10.2. The predicted octanol–water partition coefficient (Wildman–Crippen LogP) is 3.27. The Hall–Kier alpha value is -3.05. The number of likely N-dealkylation sites (N-methyl/N-ethyl adjacent to an activating group) is 1. The van der Waals surface area contributed by atoms with Crippen LogP contribution in [0.4, 0.5) is 23.1 Å². The minimum Gasteiger partial charge on any atom is -0.339 e. The molecule has 1 aliphatic rings. The maximum absolute atomic E-state index is 12.7. The number of rotatable bonds is 8. The first-order chi connectivity index (χ1) is 16.7. The molecule has 0 atom stereocenters. The van der Waals surface area contributed by atoms with Crippen molar-refractivity contribution in [2.75, 3.05) is 58.0 Å². The van der Waals surface area contributed by atoms with Crippen molar-refractivity contribution in [1.29, 1.82) is 0 Å². The lowest BCUT2D eigenvalue weighted by Crippen LogP contribution is -2.43. The second-order valence-corrected chi connectivity index (χ2v) is 11.2. The largest absolute Gasteiger partial charge is 0.339 e. The van der Waals surface area contributed by atoms with Crippen LogP contribution in [0.25, 0.3) is 0 Å². The third-order valence-electron chi connectivity index (χ3n) is 6.08. The highest BCUT2D eigenvalue weighted by atomic mass is 32.2. The first-order valence-electron chi connectivity index (χ1n) is 11.6. The molecule has 0 unspecified atom stereocenters. The number of aromatic nitrogens is 2. The minimum absolute atomic E-state index is 0.188. The molecular weight excluding hydrogens is 462 g/mol. The fraction of sp³-hybridized carbons (Fsp3) is 0.360. The number of para-hydroxylation sites is 1. The number of nitrogens with one attached hydrogen (secondary N) is 2. The van der Waals surface area contributed by atoms with Crippen LogP contribution >= 0.6 is 0 Å². The number of benzene rings is 2. The van der Waals surface area contributed by atoms with E-state index >= 15 is 0 Å². The normalized spacial score (nSPS) is 15.3. The van der Waals surface area contributed by atoms with Crippen LogP contribution in [0.5, 0.6) is 0 Å². The van der Waals surface area contributed by atoms with E-state index in [1.54, 1.807) is 30.5 Å². The fourth-order valence-electron chi connectivity index (χ4n) is 3.83. The molecule has 2 N–H and O–H groups in total. The zero-order valence-corrected chi connectivity index (χ0v) is 21.5. The number of piperazine rings is 1. The maximum Gasteiger partial charge on any atom is 0.244 e. The summed E-state index contributed by atoms with van der Waals surface area (Å²) in [6, 6.07) is 15.1. The molecule has 3 aromatic rings. The van der Waals surface area contributed by atoms with E-state index in [0.717, 1.165) is 44.0 Å². The van der Waals surface area contributed by atoms with Gasteiger partial charge in [-0.2, -0.15) is 4.98 Å². The molecule has 0 radical (unpaired) electrons. The van der Waals surface area contributed by atoms with E-state index in [4.69, 9.17) is 0 Å². The summed E-state index contributed by atoms with van der Waals surface area (Å²) >= 11 is 0. The van der Waals surface area contributed by atoms with Gasteiger partial charge in [0.05, 0.1) is 5.69 Å². The van der Waals surface area contributed by atoms with Gasteiger partial charge in [0.2, 0.25) is 16.0 Å². The Bertz CT molecular complexity index is 1260. The van der Waals surface area contributed by atoms with Gasteiger partial charge in [0, 0.05) is 64.3 Å². The molecule has 4 rings (SSSR count). The van der Waals surface area contributed by atoms with Gasteiger partial charge in [-0.1, -0.05) is 24.3 Å². The van der Waals surface area contributed by atoms with E-state index in [0.29, 0.717) is 17.5 Å². The summed E-state index contributed by atoms with van der Waals surface area (Å²) in [5, 5.41) is 6.43. The number of nitrogens with zero attached hydrogens (tertiary/aromatic N) is 5. The quantitative estimate of drug-likeness (QED) is 0.492. The highest BCUT2D eigenvalue weighted by molar-refractivity contribution is 7.89. The summed E-state index contributed by atoms with van der Waals surface area (Å²) in [5.41, 5.74) is 3.42. The topological polar surface area (TPSA) is 93.7 Å². The maximum atomic E-state index is 12.7. The lowest BCUT2D eigenvalue weighted by molar-refractivity contribution is 0.148. The average Bonchev–Trinajstić information content (AvgIpc) is 2.84. The molecule has 35 heavy (non-hydrogen) atoms. The van der Waals surface area contributed by atoms with Crippen molar-refractivity contribution in [2.24, 2.45) is 0 Å². The monoisotopic (exact) mass is 495 g/mol. The molecule has 1 saturated heterocycles. The first-order valence-corrected chi connectivity index (χ1v) is 13.1. The number of sulfonamides is 1. The summed E-state index contributed by atoms with van der Waals surface area (Å²) in [6.07, 6.45) is 1.71. The highest BCUT2D eigenvalue weighted by Crippen LogP contribution is 2.28. The Kier molecular flexibility index (Phi) is 7.66. The van der Waals surface area contributed by atoms with E-state index in [2.05, 4.69) is 49.6 Å². The van der Waals surface area contributed by atoms with Gasteiger partial charge in [0.25, 0.3) is 0 Å². The standard InChI is InChI=1S/C25H33N7O2S/c1-19-17-26-25(27-21-11-9-20(10-12-21)18-32-15-13-31(4)14-16-32)29-24(19)28-22-7-5-6-8-23(22)35(33,34)30(2)3/h5-12,17H,13-16,18H2,1-4H3,(H2,26,27,28,29). The summed E-state index contributed by atoms with van der Waals surface area (Å²) < 4.78 is 26.7. The van der Waals surface area contributed by atoms with Gasteiger partial charge in [-0.05, 0) is 43.8 Å². The van der Waals surface area contributed by atoms with Crippen LogP contribution in [0.15, 0.2) is 59.6 Å². The SMILES string of the molecule is Cc1cnc(Nc2ccc(CN3CCN(C)CC3)cc2)nc1Nc1ccccc1S(=O)(=O)N(C)C. The van der Waals surface area contributed by atoms with Crippen LogP contribution in [0.3, 0.4) is 0 Å². The van der Waals surface area contributed by atoms with Crippen molar-refractivity contribution in [3.05, 3.63) is 65.9 Å². The van der Waals surface area contributed by atoms with Crippen LogP contribution in [0.2, 0.25) is 0 Å². The summed E-state index contributed by atoms with van der Waals surface area (Å²) in [6.45, 7) is 7.20. The second-order valence-electron chi connectivity index (χ2n) is 9.04. The molecule has 2 heterocycles. The van der Waals surface area contributed by atoms with Crippen molar-refractivity contribution >= 4 is 33.2 Å². The predicted molar refractivity (Wildman–Crippen MR) is 140 cm³/mol. The molecule has 0 amide bonds. The number of anilines is 4. The number of hydrogen-bond acceptors (Lipinski definition) is 8. The van der Waals surface area contributed by atoms with Crippen molar-refractivity contribution in [3.63, 3.8) is 0 Å². The Morgan fingerprint density at radius 3 is 2.34 bits per heavy atom. The third kappa shape index (κ3) is 6.15. The van der Waals surface area contributed by atoms with Gasteiger partial charge in [-0.15, -0.1) is 0 Å². The van der Waals surface area contributed by atoms with E-state index in [-0.39, 0.29) is 4.90 Å². The van der Waals surface area contributed by atoms with Crippen LogP contribution < -0.4 is 10.6 Å². The molecule has 0 spiro atoms. The molecule has 2 aromatic carbocycles. The lowest BCUT2D eigenvalue weighted by Gasteiger charge is -2.32. The van der Waals surface area contributed by atoms with Crippen LogP contribution in [0, 0.1) is 6.92 Å². The van der Waals surface area contributed by atoms with Crippen LogP contribution in [-0.4, -0.2) is 79.8 Å². The van der Waals surface area contributed by atoms with Crippen molar-refractivity contribution in [3.8, 4) is 0 Å². The zero-order chi connectivity index (χ0) is 25.0. The molecule has 186 valence electrons. The third-order valence-corrected chi connectivity index (χ3v) is 7.96. The molecule has 10 heteroatoms. The zero-order valence-electron chi connectivity index (χ0n) is 20.7. The molecule has 0 bridgehead atoms. The van der Waals surface area contributed by atoms with Gasteiger partial charge in [0.15, 0.2) is 0 Å². The molecule has 9 nitrogen and oxygen atoms in total. The second kappa shape index (κ2) is 10.7. The van der Waals surface area contributed by atoms with E-state index in [9.17, 15) is 8.42 Å². The van der Waals surface area contributed by atoms with Crippen molar-refractivity contribution < 1.29 is 8.42 Å². The molecule has 1 aromatic heterocycles. The highest BCUT2D eigenvalue weighted by Gasteiger charge is 2.21. The smallest absolute Gasteiger partial charge is 0.244 e. The van der Waals surface area contributed by atoms with Gasteiger partial charge in [0.1, 0.15) is 10.7 Å². The van der Waals surface area contributed by atoms with Gasteiger partial charge in [-0.3, -0.25) is 4.90 Å². The molecule has 0 saturated carbocycles. The molecule has 1 aliphatic heterocycles. The Morgan fingerprint density at radius 2 is 1.66 bits per heavy atom. The van der Waals surface area contributed by atoms with E-state index in [1.807, 2.05) is 19.1 Å². The number of hydrogen-bond donors (Lipinski definition) is 2. The van der Waals surface area contributed by atoms with Crippen molar-refractivity contribution in [1.82, 2.24) is 24.1 Å². The van der Waals surface area contributed by atoms with Gasteiger partial charge < -0.3 is 15.5 Å². The van der Waals surface area contributed by atoms with Crippen LogP contribution in [0.1, 0.15) is 11.1 Å². The molecular formula is C25H33N7O2S. The fourth-order valence-corrected chi connectivity index (χ4v) is 4.88. The van der Waals surface area contributed by atoms with E-state index < -0.39 is 10.0 Å². The average molecular weight is 496 g/mol. The number of aryl methyl sites for hydroxylation is 1. The minimum atomic E-state index is -3.61. The summed E-state index contributed by atoms with van der Waals surface area (Å²) in [4.78, 5) is 14.0. The van der Waals surface area contributed by atoms with Crippen molar-refractivity contribution in [2.45, 2.75) is 18.4 Å². The summed E-state index contributed by atoms with van der Waals surface area (Å²) in [5.74, 6) is 0.966. The Morgan fingerprint density at radius 1 is 0.971 bits per heavy atom. The summed E-state index contributed by atoms with van der Waals surface area (Å²) in [7, 11) is 1.58. The molecule has 1 fully saturated rings. The van der Waals surface area contributed by atoms with Crippen LogP contribution in [-0.2, 0) is 16.6 Å². The Labute approximate surface area is 207 Å².